The van der Waals surface area contributed by atoms with Gasteiger partial charge in [0.1, 0.15) is 23.0 Å². The summed E-state index contributed by atoms with van der Waals surface area (Å²) in [4.78, 5) is 0. The van der Waals surface area contributed by atoms with Crippen LogP contribution in [0.2, 0.25) is 0 Å². The van der Waals surface area contributed by atoms with E-state index < -0.39 is 5.92 Å². The molecule has 0 bridgehead atoms. The van der Waals surface area contributed by atoms with E-state index in [1.165, 1.54) is 26.4 Å². The molecule has 6 rings (SSSR count). The second-order valence-corrected chi connectivity index (χ2v) is 9.84. The van der Waals surface area contributed by atoms with Crippen LogP contribution in [-0.4, -0.2) is 44.9 Å². The molecule has 2 aliphatic carbocycles. The highest BCUT2D eigenvalue weighted by atomic mass is 16.5. The van der Waals surface area contributed by atoms with Crippen LogP contribution in [0.1, 0.15) is 57.1 Å². The Kier molecular flexibility index (Phi) is 5.24. The number of hydrogen-bond donors (Lipinski definition) is 6. The number of ether oxygens (including phenoxy) is 2. The molecule has 0 aromatic heterocycles. The third-order valence-electron chi connectivity index (χ3n) is 7.88. The van der Waals surface area contributed by atoms with Gasteiger partial charge in [-0.05, 0) is 70.3 Å². The van der Waals surface area contributed by atoms with E-state index in [2.05, 4.69) is 0 Å². The Hall–Kier alpha value is -4.72. The van der Waals surface area contributed by atoms with E-state index in [0.717, 1.165) is 16.7 Å². The maximum atomic E-state index is 11.1. The lowest BCUT2D eigenvalue weighted by atomic mass is 9.79. The maximum Gasteiger partial charge on any atom is 0.160 e. The fourth-order valence-corrected chi connectivity index (χ4v) is 6.56. The summed E-state index contributed by atoms with van der Waals surface area (Å²) in [6.07, 6.45) is 0. The van der Waals surface area contributed by atoms with Crippen molar-refractivity contribution in [1.82, 2.24) is 0 Å². The van der Waals surface area contributed by atoms with Gasteiger partial charge in [0.05, 0.1) is 14.2 Å². The third-order valence-corrected chi connectivity index (χ3v) is 7.88. The molecule has 0 amide bonds. The molecule has 38 heavy (non-hydrogen) atoms. The topological polar surface area (TPSA) is 140 Å². The van der Waals surface area contributed by atoms with Crippen LogP contribution >= 0.6 is 0 Å². The molecular formula is C30H26O8. The number of rotatable bonds is 4. The summed E-state index contributed by atoms with van der Waals surface area (Å²) in [7, 11) is 2.93. The van der Waals surface area contributed by atoms with E-state index >= 15 is 0 Å². The number of methoxy groups -OCH3 is 2. The zero-order chi connectivity index (χ0) is 26.9. The van der Waals surface area contributed by atoms with Gasteiger partial charge in [-0.2, -0.15) is 0 Å². The number of fused-ring (bicyclic) bond motifs is 5. The molecule has 0 aliphatic heterocycles. The molecule has 4 aromatic rings. The monoisotopic (exact) mass is 514 g/mol. The molecule has 4 atom stereocenters. The molecule has 0 heterocycles. The number of phenolic OH excluding ortho intramolecular Hbond substituents is 6. The Morgan fingerprint density at radius 3 is 1.82 bits per heavy atom. The molecule has 0 saturated heterocycles. The van der Waals surface area contributed by atoms with Crippen molar-refractivity contribution in [2.45, 2.75) is 23.7 Å². The summed E-state index contributed by atoms with van der Waals surface area (Å²) in [5.74, 6) is -1.44. The minimum absolute atomic E-state index is 0.0150. The Morgan fingerprint density at radius 2 is 1.13 bits per heavy atom. The Bertz CT molecular complexity index is 1570. The first kappa shape index (κ1) is 23.7. The average molecular weight is 515 g/mol. The van der Waals surface area contributed by atoms with Crippen LogP contribution in [0.5, 0.6) is 46.0 Å². The second kappa shape index (κ2) is 8.41. The van der Waals surface area contributed by atoms with Crippen LogP contribution in [0.3, 0.4) is 0 Å². The lowest BCUT2D eigenvalue weighted by Gasteiger charge is -2.24. The summed E-state index contributed by atoms with van der Waals surface area (Å²) in [5, 5.41) is 63.3. The van der Waals surface area contributed by atoms with Gasteiger partial charge in [0.25, 0.3) is 0 Å². The molecule has 4 aromatic carbocycles. The van der Waals surface area contributed by atoms with Gasteiger partial charge in [0.15, 0.2) is 23.0 Å². The molecular weight excluding hydrogens is 488 g/mol. The normalized spacial score (nSPS) is 21.0. The van der Waals surface area contributed by atoms with Crippen molar-refractivity contribution in [3.63, 3.8) is 0 Å². The number of phenols is 6. The van der Waals surface area contributed by atoms with Crippen LogP contribution < -0.4 is 9.47 Å². The van der Waals surface area contributed by atoms with Gasteiger partial charge < -0.3 is 40.1 Å². The molecule has 0 radical (unpaired) electrons. The minimum Gasteiger partial charge on any atom is -0.508 e. The Morgan fingerprint density at radius 1 is 0.500 bits per heavy atom. The smallest absolute Gasteiger partial charge is 0.160 e. The Balaban J connectivity index is 1.68. The van der Waals surface area contributed by atoms with Gasteiger partial charge in [-0.3, -0.25) is 0 Å². The number of benzene rings is 4. The van der Waals surface area contributed by atoms with Crippen LogP contribution in [0.25, 0.3) is 0 Å². The molecule has 194 valence electrons. The summed E-state index contributed by atoms with van der Waals surface area (Å²) in [6, 6.07) is 15.8. The Labute approximate surface area is 218 Å². The standard InChI is InChI=1S/C30H26O8/c1-37-24-7-13(3-4-21(24)34)26-18-11-22(35)25(38-2)12-19(18)29-27(14-5-15(31)8-16(32)6-14)28-20(30(26)29)9-17(33)10-23(28)36/h3-12,26-27,29-36H,1-2H3/t26-,27-,29+,30+/m1/s1. The van der Waals surface area contributed by atoms with Gasteiger partial charge in [0.2, 0.25) is 0 Å². The highest BCUT2D eigenvalue weighted by Gasteiger charge is 2.54. The fourth-order valence-electron chi connectivity index (χ4n) is 6.56. The van der Waals surface area contributed by atoms with Crippen molar-refractivity contribution in [2.24, 2.45) is 0 Å². The lowest BCUT2D eigenvalue weighted by Crippen LogP contribution is -2.10. The van der Waals surface area contributed by atoms with Crippen LogP contribution in [0.15, 0.2) is 60.7 Å². The molecule has 8 heteroatoms. The van der Waals surface area contributed by atoms with Crippen LogP contribution in [0, 0.1) is 0 Å². The largest absolute Gasteiger partial charge is 0.508 e. The highest BCUT2D eigenvalue weighted by molar-refractivity contribution is 5.68. The van der Waals surface area contributed by atoms with Crippen LogP contribution in [-0.2, 0) is 0 Å². The van der Waals surface area contributed by atoms with Crippen molar-refractivity contribution in [2.75, 3.05) is 14.2 Å². The maximum absolute atomic E-state index is 11.1. The zero-order valence-corrected chi connectivity index (χ0v) is 20.6. The molecule has 0 spiro atoms. The van der Waals surface area contributed by atoms with Gasteiger partial charge in [-0.15, -0.1) is 0 Å². The summed E-state index contributed by atoms with van der Waals surface area (Å²) in [6.45, 7) is 0. The van der Waals surface area contributed by atoms with Crippen molar-refractivity contribution in [3.8, 4) is 46.0 Å². The molecule has 2 aliphatic rings. The first-order valence-electron chi connectivity index (χ1n) is 12.1. The van der Waals surface area contributed by atoms with E-state index in [-0.39, 0.29) is 63.7 Å². The van der Waals surface area contributed by atoms with E-state index in [0.29, 0.717) is 16.7 Å². The fraction of sp³-hybridized carbons (Fsp3) is 0.200. The molecule has 0 saturated carbocycles. The van der Waals surface area contributed by atoms with Crippen LogP contribution in [0.4, 0.5) is 0 Å². The van der Waals surface area contributed by atoms with Crippen molar-refractivity contribution in [1.29, 1.82) is 0 Å². The van der Waals surface area contributed by atoms with Gasteiger partial charge in [-0.25, -0.2) is 0 Å². The van der Waals surface area contributed by atoms with Gasteiger partial charge in [-0.1, -0.05) is 6.07 Å². The summed E-state index contributed by atoms with van der Waals surface area (Å²) in [5.41, 5.74) is 4.33. The van der Waals surface area contributed by atoms with E-state index in [9.17, 15) is 30.6 Å². The first-order valence-corrected chi connectivity index (χ1v) is 12.1. The summed E-state index contributed by atoms with van der Waals surface area (Å²) >= 11 is 0. The quantitative estimate of drug-likeness (QED) is 0.221. The zero-order valence-electron chi connectivity index (χ0n) is 20.6. The molecule has 6 N–H and O–H groups in total. The second-order valence-electron chi connectivity index (χ2n) is 9.84. The third kappa shape index (κ3) is 3.37. The lowest BCUT2D eigenvalue weighted by molar-refractivity contribution is 0.372. The number of hydrogen-bond acceptors (Lipinski definition) is 8. The average Bonchev–Trinajstić information content (AvgIpc) is 3.36. The van der Waals surface area contributed by atoms with E-state index in [4.69, 9.17) is 9.47 Å². The van der Waals surface area contributed by atoms with Crippen molar-refractivity contribution in [3.05, 3.63) is 94.0 Å². The minimum atomic E-state index is -0.509. The molecule has 0 fully saturated rings. The molecule has 8 nitrogen and oxygen atoms in total. The first-order chi connectivity index (χ1) is 18.2. The van der Waals surface area contributed by atoms with Gasteiger partial charge in [0, 0.05) is 41.4 Å². The molecule has 0 unspecified atom stereocenters. The van der Waals surface area contributed by atoms with Crippen molar-refractivity contribution < 1.29 is 40.1 Å². The summed E-state index contributed by atoms with van der Waals surface area (Å²) < 4.78 is 10.8. The predicted octanol–water partition coefficient (Wildman–Crippen LogP) is 5.10. The predicted molar refractivity (Wildman–Crippen MR) is 138 cm³/mol. The SMILES string of the molecule is COc1cc([C@@H]2c3cc(O)c(OC)cc3[C@H]3[C@H](c4cc(O)cc(O)c4)c4c(O)cc(O)cc4[C@@H]23)ccc1O. The van der Waals surface area contributed by atoms with E-state index in [1.54, 1.807) is 48.5 Å². The number of aromatic hydroxyl groups is 6. The van der Waals surface area contributed by atoms with Gasteiger partial charge >= 0.3 is 0 Å². The van der Waals surface area contributed by atoms with Crippen molar-refractivity contribution >= 4 is 0 Å². The van der Waals surface area contributed by atoms with E-state index in [1.807, 2.05) is 0 Å². The highest BCUT2D eigenvalue weighted by Crippen LogP contribution is 2.68.